The smallest absolute Gasteiger partial charge is 0.0645 e. The Morgan fingerprint density at radius 2 is 2.12 bits per heavy atom. The van der Waals surface area contributed by atoms with Crippen LogP contribution in [-0.2, 0) is 6.54 Å². The van der Waals surface area contributed by atoms with Crippen LogP contribution in [0.1, 0.15) is 31.7 Å². The fraction of sp³-hybridized carbons (Fsp3) is 0.500. The van der Waals surface area contributed by atoms with E-state index < -0.39 is 0 Å². The van der Waals surface area contributed by atoms with Crippen molar-refractivity contribution in [1.29, 1.82) is 0 Å². The molecule has 4 heteroatoms. The summed E-state index contributed by atoms with van der Waals surface area (Å²) in [6.45, 7) is 8.07. The van der Waals surface area contributed by atoms with Gasteiger partial charge in [0.1, 0.15) is 0 Å². The monoisotopic (exact) mass is 218 g/mol. The largest absolute Gasteiger partial charge is 0.310 e. The van der Waals surface area contributed by atoms with E-state index in [4.69, 9.17) is 0 Å². The van der Waals surface area contributed by atoms with E-state index in [0.29, 0.717) is 0 Å². The molecule has 1 aromatic rings. The van der Waals surface area contributed by atoms with E-state index in [-0.39, 0.29) is 0 Å². The topological polar surface area (TPSA) is 42.2 Å². The van der Waals surface area contributed by atoms with Gasteiger partial charge in [0.25, 0.3) is 0 Å². The van der Waals surface area contributed by atoms with E-state index in [2.05, 4.69) is 40.2 Å². The maximum Gasteiger partial charge on any atom is 0.0645 e. The van der Waals surface area contributed by atoms with Crippen LogP contribution in [0, 0.1) is 6.92 Å². The maximum absolute atomic E-state index is 4.52. The third-order valence-corrected chi connectivity index (χ3v) is 2.89. The second-order valence-electron chi connectivity index (χ2n) is 4.22. The first-order valence-electron chi connectivity index (χ1n) is 5.66. The first kappa shape index (κ1) is 10.9. The highest BCUT2D eigenvalue weighted by atomic mass is 15.3. The molecule has 0 unspecified atom stereocenters. The minimum atomic E-state index is 0.890. The Morgan fingerprint density at radius 3 is 2.94 bits per heavy atom. The molecule has 2 rings (SSSR count). The zero-order valence-electron chi connectivity index (χ0n) is 10.1. The molecule has 4 nitrogen and oxygen atoms in total. The van der Waals surface area contributed by atoms with Crippen molar-refractivity contribution in [3.8, 4) is 0 Å². The van der Waals surface area contributed by atoms with Gasteiger partial charge in [-0.05, 0) is 44.4 Å². The highest BCUT2D eigenvalue weighted by molar-refractivity contribution is 5.89. The fourth-order valence-corrected chi connectivity index (χ4v) is 1.83. The van der Waals surface area contributed by atoms with Gasteiger partial charge in [-0.3, -0.25) is 4.68 Å². The van der Waals surface area contributed by atoms with Crippen LogP contribution in [0.25, 0.3) is 5.57 Å². The lowest BCUT2D eigenvalue weighted by Crippen LogP contribution is -2.14. The molecule has 0 aliphatic carbocycles. The predicted octanol–water partition coefficient (Wildman–Crippen LogP) is 1.96. The second kappa shape index (κ2) is 4.51. The van der Waals surface area contributed by atoms with Gasteiger partial charge in [0.05, 0.1) is 17.6 Å². The van der Waals surface area contributed by atoms with Crippen LogP contribution in [0.3, 0.4) is 0 Å². The summed E-state index contributed by atoms with van der Waals surface area (Å²) in [4.78, 5) is 0. The number of aromatic nitrogens is 2. The van der Waals surface area contributed by atoms with Crippen LogP contribution >= 0.6 is 0 Å². The van der Waals surface area contributed by atoms with Crippen LogP contribution in [-0.4, -0.2) is 22.5 Å². The molecule has 1 aliphatic heterocycles. The van der Waals surface area contributed by atoms with Gasteiger partial charge in [-0.15, -0.1) is 0 Å². The third-order valence-electron chi connectivity index (χ3n) is 2.89. The van der Waals surface area contributed by atoms with E-state index in [1.807, 2.05) is 13.1 Å². The number of hydrogen-bond donors (Lipinski definition) is 1. The van der Waals surface area contributed by atoms with Crippen LogP contribution in [0.15, 0.2) is 16.7 Å². The first-order valence-corrected chi connectivity index (χ1v) is 5.66. The summed E-state index contributed by atoms with van der Waals surface area (Å²) in [6, 6.07) is 2.14. The van der Waals surface area contributed by atoms with Crippen molar-refractivity contribution in [2.75, 3.05) is 6.54 Å². The fourth-order valence-electron chi connectivity index (χ4n) is 1.83. The van der Waals surface area contributed by atoms with Crippen molar-refractivity contribution in [1.82, 2.24) is 15.2 Å². The molecule has 0 saturated heterocycles. The Morgan fingerprint density at radius 1 is 1.31 bits per heavy atom. The molecular formula is C12H18N4. The van der Waals surface area contributed by atoms with Gasteiger partial charge in [0.2, 0.25) is 0 Å². The van der Waals surface area contributed by atoms with Crippen LogP contribution < -0.4 is 5.43 Å². The van der Waals surface area contributed by atoms with Crippen molar-refractivity contribution >= 4 is 11.8 Å². The highest BCUT2D eigenvalue weighted by Gasteiger charge is 2.09. The van der Waals surface area contributed by atoms with E-state index in [9.17, 15) is 0 Å². The Kier molecular flexibility index (Phi) is 3.08. The molecule has 1 aromatic heterocycles. The number of allylic oxidation sites excluding steroid dienone is 2. The van der Waals surface area contributed by atoms with Gasteiger partial charge in [-0.2, -0.15) is 10.2 Å². The molecule has 2 heterocycles. The molecule has 0 spiro atoms. The van der Waals surface area contributed by atoms with Crippen LogP contribution in [0.4, 0.5) is 0 Å². The summed E-state index contributed by atoms with van der Waals surface area (Å²) >= 11 is 0. The average molecular weight is 218 g/mol. The molecule has 0 radical (unpaired) electrons. The van der Waals surface area contributed by atoms with Crippen molar-refractivity contribution in [2.24, 2.45) is 5.10 Å². The number of hydrogen-bond acceptors (Lipinski definition) is 3. The van der Waals surface area contributed by atoms with E-state index >= 15 is 0 Å². The lowest BCUT2D eigenvalue weighted by molar-refractivity contribution is 0.544. The summed E-state index contributed by atoms with van der Waals surface area (Å²) in [7, 11) is 0. The summed E-state index contributed by atoms with van der Waals surface area (Å²) in [5.41, 5.74) is 7.74. The Balaban J connectivity index is 2.48. The summed E-state index contributed by atoms with van der Waals surface area (Å²) in [5.74, 6) is 0. The molecule has 0 aromatic carbocycles. The molecular weight excluding hydrogens is 200 g/mol. The molecule has 16 heavy (non-hydrogen) atoms. The van der Waals surface area contributed by atoms with E-state index in [1.165, 1.54) is 16.8 Å². The zero-order chi connectivity index (χ0) is 11.5. The highest BCUT2D eigenvalue weighted by Crippen LogP contribution is 2.19. The van der Waals surface area contributed by atoms with Gasteiger partial charge in [-0.25, -0.2) is 0 Å². The molecule has 86 valence electrons. The molecule has 0 fully saturated rings. The summed E-state index contributed by atoms with van der Waals surface area (Å²) in [5, 5.41) is 8.70. The summed E-state index contributed by atoms with van der Waals surface area (Å²) in [6.07, 6.45) is 2.92. The molecule has 0 saturated carbocycles. The SMILES string of the molecule is CC1=C(/C)c2cc(C)nn2CCCN/N=C\1. The van der Waals surface area contributed by atoms with Gasteiger partial charge in [0, 0.05) is 13.1 Å². The number of rotatable bonds is 0. The average Bonchev–Trinajstić information content (AvgIpc) is 2.62. The lowest BCUT2D eigenvalue weighted by Gasteiger charge is -2.11. The number of nitrogens with one attached hydrogen (secondary N) is 1. The van der Waals surface area contributed by atoms with Crippen molar-refractivity contribution in [3.63, 3.8) is 0 Å². The normalized spacial score (nSPS) is 23.4. The minimum absolute atomic E-state index is 0.890. The second-order valence-corrected chi connectivity index (χ2v) is 4.22. The van der Waals surface area contributed by atoms with Gasteiger partial charge >= 0.3 is 0 Å². The Bertz CT molecular complexity index is 440. The van der Waals surface area contributed by atoms with Gasteiger partial charge < -0.3 is 5.43 Å². The number of aryl methyl sites for hydroxylation is 2. The number of nitrogens with zero attached hydrogens (tertiary/aromatic N) is 3. The van der Waals surface area contributed by atoms with E-state index in [1.54, 1.807) is 0 Å². The van der Waals surface area contributed by atoms with Gasteiger partial charge in [0.15, 0.2) is 0 Å². The van der Waals surface area contributed by atoms with Crippen molar-refractivity contribution < 1.29 is 0 Å². The predicted molar refractivity (Wildman–Crippen MR) is 66.3 cm³/mol. The number of hydrazone groups is 1. The standard InChI is InChI=1S/C12H18N4/c1-9-8-14-13-5-4-6-16-12(11(9)3)7-10(2)15-16/h7-8,13H,4-6H2,1-3H3/b11-9+,14-8-. The molecule has 0 atom stereocenters. The van der Waals surface area contributed by atoms with E-state index in [0.717, 1.165) is 25.2 Å². The number of fused-ring (bicyclic) bond motifs is 1. The van der Waals surface area contributed by atoms with Crippen LogP contribution in [0.2, 0.25) is 0 Å². The molecule has 1 aliphatic rings. The van der Waals surface area contributed by atoms with Crippen molar-refractivity contribution in [2.45, 2.75) is 33.7 Å². The first-order chi connectivity index (χ1) is 7.68. The van der Waals surface area contributed by atoms with Crippen molar-refractivity contribution in [3.05, 3.63) is 23.0 Å². The molecule has 1 N–H and O–H groups in total. The molecule has 0 bridgehead atoms. The summed E-state index contributed by atoms with van der Waals surface area (Å²) < 4.78 is 2.09. The maximum atomic E-state index is 4.52. The lowest BCUT2D eigenvalue weighted by atomic mass is 10.1. The minimum Gasteiger partial charge on any atom is -0.310 e. The third kappa shape index (κ3) is 2.15. The Labute approximate surface area is 96.0 Å². The molecule has 0 amide bonds. The quantitative estimate of drug-likeness (QED) is 0.723. The zero-order valence-corrected chi connectivity index (χ0v) is 10.1. The van der Waals surface area contributed by atoms with Crippen LogP contribution in [0.5, 0.6) is 0 Å². The van der Waals surface area contributed by atoms with Gasteiger partial charge in [-0.1, -0.05) is 0 Å². The Hall–Kier alpha value is -1.58.